The molecule has 0 fully saturated rings. The molecule has 7 heteroatoms. The number of nitrogens with zero attached hydrogens (tertiary/aromatic N) is 1. The summed E-state index contributed by atoms with van der Waals surface area (Å²) in [6, 6.07) is 0. The zero-order chi connectivity index (χ0) is 10.5. The van der Waals surface area contributed by atoms with Gasteiger partial charge in [-0.1, -0.05) is 14.9 Å². The molecule has 0 aliphatic heterocycles. The summed E-state index contributed by atoms with van der Waals surface area (Å²) < 4.78 is 19.8. The molecule has 0 bridgehead atoms. The van der Waals surface area contributed by atoms with Crippen LogP contribution >= 0.6 is 7.82 Å². The van der Waals surface area contributed by atoms with Gasteiger partial charge in [-0.3, -0.25) is 9.09 Å². The molecular formula is C8H22NO5P. The van der Waals surface area contributed by atoms with Crippen LogP contribution in [0.4, 0.5) is 0 Å². The molecule has 0 aromatic rings. The standard InChI is InChI=1S/C6H14NO5P.2CH4/c1-7(2,3)6-12-13(9,10)11-5-4-8;;/h4H,5-6H2,1-3H3;2*1H4. The van der Waals surface area contributed by atoms with Crippen molar-refractivity contribution < 1.29 is 27.8 Å². The number of hydrogen-bond donors (Lipinski definition) is 0. The van der Waals surface area contributed by atoms with E-state index in [0.717, 1.165) is 0 Å². The van der Waals surface area contributed by atoms with Gasteiger partial charge in [-0.2, -0.15) is 0 Å². The fourth-order valence-electron chi connectivity index (χ4n) is 0.403. The highest BCUT2D eigenvalue weighted by Gasteiger charge is 2.14. The molecule has 0 N–H and O–H groups in total. The van der Waals surface area contributed by atoms with E-state index in [2.05, 4.69) is 9.05 Å². The molecular weight excluding hydrogens is 221 g/mol. The maximum absolute atomic E-state index is 10.9. The molecule has 0 spiro atoms. The lowest BCUT2D eigenvalue weighted by atomic mass is 10.7. The second kappa shape index (κ2) is 7.96. The van der Waals surface area contributed by atoms with Gasteiger partial charge in [0, 0.05) is 0 Å². The molecule has 1 atom stereocenters. The number of carbonyl (C=O) groups is 1. The average Bonchev–Trinajstić information content (AvgIpc) is 1.97. The first-order chi connectivity index (χ1) is 5.77. The maximum atomic E-state index is 10.9. The normalized spacial score (nSPS) is 14.4. The van der Waals surface area contributed by atoms with E-state index in [9.17, 15) is 14.3 Å². The van der Waals surface area contributed by atoms with Crippen LogP contribution < -0.4 is 4.89 Å². The molecule has 0 saturated carbocycles. The highest BCUT2D eigenvalue weighted by Crippen LogP contribution is 2.37. The zero-order valence-corrected chi connectivity index (χ0v) is 8.82. The van der Waals surface area contributed by atoms with Crippen LogP contribution in [0, 0.1) is 0 Å². The number of hydrogen-bond acceptors (Lipinski definition) is 5. The summed E-state index contributed by atoms with van der Waals surface area (Å²) in [5.74, 6) is 0. The minimum atomic E-state index is -4.30. The van der Waals surface area contributed by atoms with E-state index in [-0.39, 0.29) is 21.6 Å². The van der Waals surface area contributed by atoms with Gasteiger partial charge in [0.15, 0.2) is 6.73 Å². The van der Waals surface area contributed by atoms with Crippen LogP contribution in [0.2, 0.25) is 0 Å². The third kappa shape index (κ3) is 13.7. The molecule has 0 aliphatic rings. The van der Waals surface area contributed by atoms with Crippen LogP contribution in [0.5, 0.6) is 0 Å². The van der Waals surface area contributed by atoms with Gasteiger partial charge in [0.2, 0.25) is 0 Å². The number of quaternary nitrogens is 1. The lowest BCUT2D eigenvalue weighted by Gasteiger charge is -2.28. The van der Waals surface area contributed by atoms with Crippen LogP contribution in [0.25, 0.3) is 0 Å². The molecule has 6 nitrogen and oxygen atoms in total. The fourth-order valence-corrected chi connectivity index (χ4v) is 1.21. The maximum Gasteiger partial charge on any atom is 0.272 e. The van der Waals surface area contributed by atoms with Gasteiger partial charge in [-0.05, 0) is 0 Å². The average molecular weight is 243 g/mol. The minimum Gasteiger partial charge on any atom is -0.756 e. The molecule has 1 unspecified atom stereocenters. The summed E-state index contributed by atoms with van der Waals surface area (Å²) in [7, 11) is 0.988. The third-order valence-corrected chi connectivity index (χ3v) is 1.80. The third-order valence-electron chi connectivity index (χ3n) is 0.904. The summed E-state index contributed by atoms with van der Waals surface area (Å²) in [5, 5.41) is 0. The number of phosphoric ester groups is 1. The molecule has 15 heavy (non-hydrogen) atoms. The van der Waals surface area contributed by atoms with Crippen LogP contribution in [0.15, 0.2) is 0 Å². The van der Waals surface area contributed by atoms with Crippen molar-refractivity contribution in [1.82, 2.24) is 0 Å². The van der Waals surface area contributed by atoms with Crippen molar-refractivity contribution in [3.05, 3.63) is 0 Å². The lowest BCUT2D eigenvalue weighted by molar-refractivity contribution is -0.887. The Hall–Kier alpha value is -0.260. The molecule has 94 valence electrons. The van der Waals surface area contributed by atoms with Crippen molar-refractivity contribution in [3.63, 3.8) is 0 Å². The summed E-state index contributed by atoms with van der Waals surface area (Å²) in [4.78, 5) is 20.7. The first kappa shape index (κ1) is 20.2. The van der Waals surface area contributed by atoms with Crippen molar-refractivity contribution in [2.45, 2.75) is 14.9 Å². The number of rotatable bonds is 6. The molecule has 0 aliphatic carbocycles. The predicted octanol–water partition coefficient (Wildman–Crippen LogP) is 0.623. The topological polar surface area (TPSA) is 75.7 Å². The summed E-state index contributed by atoms with van der Waals surface area (Å²) in [6.45, 7) is -0.530. The number of aldehydes is 1. The van der Waals surface area contributed by atoms with Crippen LogP contribution in [-0.2, 0) is 18.4 Å². The number of carbonyl (C=O) groups excluding carboxylic acids is 1. The molecule has 0 aromatic carbocycles. The Morgan fingerprint density at radius 3 is 2.07 bits per heavy atom. The van der Waals surface area contributed by atoms with Gasteiger partial charge in [0.05, 0.1) is 21.1 Å². The van der Waals surface area contributed by atoms with Crippen LogP contribution in [-0.4, -0.2) is 45.2 Å². The minimum absolute atomic E-state index is 0. The quantitative estimate of drug-likeness (QED) is 0.296. The fraction of sp³-hybridized carbons (Fsp3) is 0.875. The van der Waals surface area contributed by atoms with Crippen molar-refractivity contribution in [1.29, 1.82) is 0 Å². The van der Waals surface area contributed by atoms with Crippen LogP contribution in [0.3, 0.4) is 0 Å². The highest BCUT2D eigenvalue weighted by molar-refractivity contribution is 7.45. The lowest BCUT2D eigenvalue weighted by Crippen LogP contribution is -2.37. The largest absolute Gasteiger partial charge is 0.756 e. The number of phosphoric acid groups is 1. The van der Waals surface area contributed by atoms with Gasteiger partial charge >= 0.3 is 0 Å². The van der Waals surface area contributed by atoms with Gasteiger partial charge < -0.3 is 18.7 Å². The smallest absolute Gasteiger partial charge is 0.272 e. The zero-order valence-electron chi connectivity index (χ0n) is 7.93. The van der Waals surface area contributed by atoms with Crippen molar-refractivity contribution in [3.8, 4) is 0 Å². The Morgan fingerprint density at radius 2 is 1.73 bits per heavy atom. The Labute approximate surface area is 92.0 Å². The highest BCUT2D eigenvalue weighted by atomic mass is 31.2. The van der Waals surface area contributed by atoms with E-state index < -0.39 is 14.4 Å². The molecule has 0 radical (unpaired) electrons. The Balaban J connectivity index is -0.000000720. The van der Waals surface area contributed by atoms with Crippen molar-refractivity contribution >= 4 is 14.1 Å². The summed E-state index contributed by atoms with van der Waals surface area (Å²) >= 11 is 0. The van der Waals surface area contributed by atoms with Gasteiger partial charge in [-0.15, -0.1) is 0 Å². The van der Waals surface area contributed by atoms with Gasteiger partial charge in [-0.25, -0.2) is 0 Å². The van der Waals surface area contributed by atoms with E-state index in [1.54, 1.807) is 21.1 Å². The van der Waals surface area contributed by atoms with E-state index in [0.29, 0.717) is 10.8 Å². The first-order valence-corrected chi connectivity index (χ1v) is 5.07. The van der Waals surface area contributed by atoms with Crippen molar-refractivity contribution in [2.24, 2.45) is 0 Å². The monoisotopic (exact) mass is 243 g/mol. The van der Waals surface area contributed by atoms with E-state index in [1.807, 2.05) is 0 Å². The van der Waals surface area contributed by atoms with Crippen molar-refractivity contribution in [2.75, 3.05) is 34.5 Å². The van der Waals surface area contributed by atoms with E-state index in [1.165, 1.54) is 0 Å². The molecule has 0 amide bonds. The van der Waals surface area contributed by atoms with E-state index in [4.69, 9.17) is 0 Å². The van der Waals surface area contributed by atoms with Crippen LogP contribution in [0.1, 0.15) is 14.9 Å². The first-order valence-electron chi connectivity index (χ1n) is 3.61. The molecule has 0 rings (SSSR count). The van der Waals surface area contributed by atoms with E-state index >= 15 is 0 Å². The Bertz CT molecular complexity index is 214. The predicted molar refractivity (Wildman–Crippen MR) is 57.1 cm³/mol. The SMILES string of the molecule is C.C.C[N+](C)(C)COP(=O)([O-])OCC=O. The summed E-state index contributed by atoms with van der Waals surface area (Å²) in [5.41, 5.74) is 0. The Morgan fingerprint density at radius 1 is 1.27 bits per heavy atom. The molecule has 0 heterocycles. The molecule has 0 aromatic heterocycles. The van der Waals surface area contributed by atoms with Gasteiger partial charge in [0.1, 0.15) is 12.9 Å². The second-order valence-electron chi connectivity index (χ2n) is 3.46. The second-order valence-corrected chi connectivity index (χ2v) is 4.87. The molecule has 0 saturated heterocycles. The van der Waals surface area contributed by atoms with Gasteiger partial charge in [0.25, 0.3) is 7.82 Å². The summed E-state index contributed by atoms with van der Waals surface area (Å²) in [6.07, 6.45) is 0.347. The Kier molecular flexibility index (Phi) is 10.7.